The average Bonchev–Trinajstić information content (AvgIpc) is 2.30. The maximum absolute atomic E-state index is 10.9. The van der Waals surface area contributed by atoms with Crippen molar-refractivity contribution in [1.29, 1.82) is 0 Å². The number of nitro groups is 1. The largest absolute Gasteiger partial charge is 0.481 e. The van der Waals surface area contributed by atoms with Crippen LogP contribution >= 0.6 is 15.9 Å². The summed E-state index contributed by atoms with van der Waals surface area (Å²) in [6, 6.07) is 1.28. The molecular formula is C11H14BrN3O4. The molecule has 0 bridgehead atoms. The summed E-state index contributed by atoms with van der Waals surface area (Å²) in [6.07, 6.45) is 2.66. The minimum Gasteiger partial charge on any atom is -0.481 e. The van der Waals surface area contributed by atoms with Gasteiger partial charge in [-0.1, -0.05) is 0 Å². The summed E-state index contributed by atoms with van der Waals surface area (Å²) in [5, 5.41) is 22.3. The van der Waals surface area contributed by atoms with Gasteiger partial charge in [-0.25, -0.2) is 4.98 Å². The number of hydrogen-bond acceptors (Lipinski definition) is 5. The van der Waals surface area contributed by atoms with Crippen molar-refractivity contribution in [2.24, 2.45) is 0 Å². The zero-order valence-electron chi connectivity index (χ0n) is 10.3. The molecule has 1 heterocycles. The minimum atomic E-state index is -0.847. The number of halogens is 1. The van der Waals surface area contributed by atoms with E-state index < -0.39 is 10.9 Å². The number of carboxylic acid groups (broad SMARTS) is 1. The Kier molecular flexibility index (Phi) is 5.68. The second-order valence-corrected chi connectivity index (χ2v) is 5.03. The number of nitrogens with one attached hydrogen (secondary N) is 1. The fraction of sp³-hybridized carbons (Fsp3) is 0.455. The van der Waals surface area contributed by atoms with Gasteiger partial charge in [0.05, 0.1) is 4.92 Å². The predicted octanol–water partition coefficient (Wildman–Crippen LogP) is 2.81. The van der Waals surface area contributed by atoms with Crippen LogP contribution in [0.5, 0.6) is 0 Å². The molecular weight excluding hydrogens is 318 g/mol. The highest BCUT2D eigenvalue weighted by molar-refractivity contribution is 9.10. The third kappa shape index (κ3) is 5.21. The molecule has 0 radical (unpaired) electrons. The molecule has 1 rings (SSSR count). The molecule has 0 saturated carbocycles. The smallest absolute Gasteiger partial charge is 0.312 e. The number of carbonyl (C=O) groups is 1. The van der Waals surface area contributed by atoms with Crippen LogP contribution in [0.2, 0.25) is 0 Å². The van der Waals surface area contributed by atoms with E-state index in [-0.39, 0.29) is 24.0 Å². The van der Waals surface area contributed by atoms with Crippen LogP contribution in [0, 0.1) is 10.1 Å². The van der Waals surface area contributed by atoms with Gasteiger partial charge in [-0.05, 0) is 35.7 Å². The van der Waals surface area contributed by atoms with Crippen molar-refractivity contribution in [3.63, 3.8) is 0 Å². The summed E-state index contributed by atoms with van der Waals surface area (Å²) in [4.78, 5) is 24.7. The quantitative estimate of drug-likeness (QED) is 0.587. The van der Waals surface area contributed by atoms with E-state index in [0.717, 1.165) is 0 Å². The van der Waals surface area contributed by atoms with E-state index in [1.54, 1.807) is 0 Å². The molecule has 0 fully saturated rings. The monoisotopic (exact) mass is 331 g/mol. The van der Waals surface area contributed by atoms with Crippen molar-refractivity contribution in [2.75, 3.05) is 5.32 Å². The molecule has 104 valence electrons. The molecule has 1 aromatic heterocycles. The van der Waals surface area contributed by atoms with Crippen LogP contribution < -0.4 is 5.32 Å². The standard InChI is InChI=1S/C11H14BrN3O4/c1-7(3-2-4-10(16)17)14-11-9(15(18)19)5-8(12)6-13-11/h5-7H,2-4H2,1H3,(H,13,14)(H,16,17). The molecule has 0 aromatic carbocycles. The van der Waals surface area contributed by atoms with E-state index in [9.17, 15) is 14.9 Å². The van der Waals surface area contributed by atoms with Crippen LogP contribution in [0.1, 0.15) is 26.2 Å². The zero-order valence-corrected chi connectivity index (χ0v) is 11.9. The number of pyridine rings is 1. The van der Waals surface area contributed by atoms with Gasteiger partial charge in [-0.15, -0.1) is 0 Å². The van der Waals surface area contributed by atoms with Gasteiger partial charge in [0, 0.05) is 29.2 Å². The summed E-state index contributed by atoms with van der Waals surface area (Å²) in [5.74, 6) is -0.657. The highest BCUT2D eigenvalue weighted by atomic mass is 79.9. The molecule has 1 atom stereocenters. The summed E-state index contributed by atoms with van der Waals surface area (Å²) in [7, 11) is 0. The molecule has 8 heteroatoms. The number of aromatic nitrogens is 1. The molecule has 1 aromatic rings. The fourth-order valence-corrected chi connectivity index (χ4v) is 1.86. The first-order chi connectivity index (χ1) is 8.90. The van der Waals surface area contributed by atoms with Gasteiger partial charge in [0.15, 0.2) is 0 Å². The number of carboxylic acids is 1. The third-order valence-corrected chi connectivity index (χ3v) is 2.88. The lowest BCUT2D eigenvalue weighted by Crippen LogP contribution is -2.17. The molecule has 0 aliphatic carbocycles. The maximum atomic E-state index is 10.9. The van der Waals surface area contributed by atoms with Crippen LogP contribution in [-0.4, -0.2) is 27.0 Å². The highest BCUT2D eigenvalue weighted by Crippen LogP contribution is 2.26. The Morgan fingerprint density at radius 3 is 2.95 bits per heavy atom. The highest BCUT2D eigenvalue weighted by Gasteiger charge is 2.17. The zero-order chi connectivity index (χ0) is 14.4. The first-order valence-corrected chi connectivity index (χ1v) is 6.47. The lowest BCUT2D eigenvalue weighted by molar-refractivity contribution is -0.384. The van der Waals surface area contributed by atoms with Crippen molar-refractivity contribution in [3.05, 3.63) is 26.9 Å². The van der Waals surface area contributed by atoms with Crippen LogP contribution in [0.15, 0.2) is 16.7 Å². The Bertz CT molecular complexity index is 481. The van der Waals surface area contributed by atoms with Crippen LogP contribution in [0.25, 0.3) is 0 Å². The Hall–Kier alpha value is -1.70. The Balaban J connectivity index is 2.65. The number of rotatable bonds is 7. The van der Waals surface area contributed by atoms with E-state index in [2.05, 4.69) is 26.2 Å². The second-order valence-electron chi connectivity index (χ2n) is 4.11. The third-order valence-electron chi connectivity index (χ3n) is 2.44. The van der Waals surface area contributed by atoms with E-state index in [0.29, 0.717) is 17.3 Å². The van der Waals surface area contributed by atoms with Gasteiger partial charge in [0.25, 0.3) is 0 Å². The molecule has 1 unspecified atom stereocenters. The van der Waals surface area contributed by atoms with E-state index in [1.165, 1.54) is 12.3 Å². The molecule has 7 nitrogen and oxygen atoms in total. The van der Waals surface area contributed by atoms with Crippen molar-refractivity contribution in [3.8, 4) is 0 Å². The van der Waals surface area contributed by atoms with Gasteiger partial charge in [-0.2, -0.15) is 0 Å². The van der Waals surface area contributed by atoms with E-state index in [1.807, 2.05) is 6.92 Å². The summed E-state index contributed by atoms with van der Waals surface area (Å²) in [6.45, 7) is 1.83. The second kappa shape index (κ2) is 7.03. The summed E-state index contributed by atoms with van der Waals surface area (Å²) >= 11 is 3.13. The lowest BCUT2D eigenvalue weighted by atomic mass is 10.1. The first kappa shape index (κ1) is 15.4. The lowest BCUT2D eigenvalue weighted by Gasteiger charge is -2.13. The van der Waals surface area contributed by atoms with Gasteiger partial charge in [0.2, 0.25) is 5.82 Å². The summed E-state index contributed by atoms with van der Waals surface area (Å²) < 4.78 is 0.531. The Morgan fingerprint density at radius 1 is 1.68 bits per heavy atom. The molecule has 0 amide bonds. The number of aliphatic carboxylic acids is 1. The molecule has 0 aliphatic heterocycles. The molecule has 2 N–H and O–H groups in total. The number of anilines is 1. The van der Waals surface area contributed by atoms with E-state index in [4.69, 9.17) is 5.11 Å². The molecule has 0 aliphatic rings. The van der Waals surface area contributed by atoms with Crippen LogP contribution in [0.4, 0.5) is 11.5 Å². The average molecular weight is 332 g/mol. The van der Waals surface area contributed by atoms with Gasteiger partial charge in [-0.3, -0.25) is 14.9 Å². The van der Waals surface area contributed by atoms with Crippen LogP contribution in [-0.2, 0) is 4.79 Å². The number of hydrogen-bond donors (Lipinski definition) is 2. The number of nitrogens with zero attached hydrogens (tertiary/aromatic N) is 2. The predicted molar refractivity (Wildman–Crippen MR) is 73.2 cm³/mol. The van der Waals surface area contributed by atoms with Crippen molar-refractivity contribution in [1.82, 2.24) is 4.98 Å². The van der Waals surface area contributed by atoms with E-state index >= 15 is 0 Å². The molecule has 0 saturated heterocycles. The van der Waals surface area contributed by atoms with Crippen molar-refractivity contribution in [2.45, 2.75) is 32.2 Å². The Labute approximate surface area is 118 Å². The summed E-state index contributed by atoms with van der Waals surface area (Å²) in [5.41, 5.74) is -0.112. The van der Waals surface area contributed by atoms with Crippen molar-refractivity contribution >= 4 is 33.4 Å². The minimum absolute atomic E-state index is 0.0852. The topological polar surface area (TPSA) is 105 Å². The first-order valence-electron chi connectivity index (χ1n) is 5.68. The Morgan fingerprint density at radius 2 is 2.37 bits per heavy atom. The van der Waals surface area contributed by atoms with Gasteiger partial charge in [0.1, 0.15) is 0 Å². The normalized spacial score (nSPS) is 11.9. The van der Waals surface area contributed by atoms with Gasteiger partial charge >= 0.3 is 11.7 Å². The van der Waals surface area contributed by atoms with Crippen molar-refractivity contribution < 1.29 is 14.8 Å². The van der Waals surface area contributed by atoms with Gasteiger partial charge < -0.3 is 10.4 Å². The van der Waals surface area contributed by atoms with Crippen LogP contribution in [0.3, 0.4) is 0 Å². The maximum Gasteiger partial charge on any atom is 0.312 e. The molecule has 0 spiro atoms. The fourth-order valence-electron chi connectivity index (χ4n) is 1.54. The molecule has 19 heavy (non-hydrogen) atoms. The SMILES string of the molecule is CC(CCCC(=O)O)Nc1ncc(Br)cc1[N+](=O)[O-].